The fraction of sp³-hybridized carbons (Fsp3) is 0.941. The molecule has 2 saturated heterocycles. The summed E-state index contributed by atoms with van der Waals surface area (Å²) in [7, 11) is 2.03. The molecule has 1 amide bonds. The van der Waals surface area contributed by atoms with E-state index in [9.17, 15) is 9.90 Å². The number of likely N-dealkylation sites (tertiary alicyclic amines) is 1. The third-order valence-electron chi connectivity index (χ3n) is 4.80. The van der Waals surface area contributed by atoms with E-state index in [2.05, 4.69) is 15.1 Å². The average molecular weight is 327 g/mol. The molecule has 2 heterocycles. The Morgan fingerprint density at radius 3 is 2.57 bits per heavy atom. The van der Waals surface area contributed by atoms with Crippen molar-refractivity contribution in [3.05, 3.63) is 0 Å². The summed E-state index contributed by atoms with van der Waals surface area (Å²) in [6, 6.07) is 0.286. The lowest BCUT2D eigenvalue weighted by Crippen LogP contribution is -2.45. The Kier molecular flexibility index (Phi) is 7.76. The molecule has 0 aromatic carbocycles. The van der Waals surface area contributed by atoms with E-state index in [4.69, 9.17) is 4.74 Å². The van der Waals surface area contributed by atoms with Crippen LogP contribution in [-0.2, 0) is 9.53 Å². The van der Waals surface area contributed by atoms with E-state index in [0.29, 0.717) is 12.5 Å². The number of ether oxygens (including phenoxy) is 1. The van der Waals surface area contributed by atoms with E-state index in [0.717, 1.165) is 65.1 Å². The molecule has 0 unspecified atom stereocenters. The van der Waals surface area contributed by atoms with Crippen LogP contribution in [0.4, 0.5) is 0 Å². The molecular formula is C17H33N3O3. The minimum absolute atomic E-state index is 0.131. The lowest BCUT2D eigenvalue weighted by molar-refractivity contribution is -0.123. The third-order valence-corrected chi connectivity index (χ3v) is 4.80. The number of nitrogens with zero attached hydrogens (tertiary/aromatic N) is 2. The summed E-state index contributed by atoms with van der Waals surface area (Å²) in [4.78, 5) is 16.6. The molecule has 0 saturated carbocycles. The Bertz CT molecular complexity index is 351. The maximum atomic E-state index is 12.1. The first-order chi connectivity index (χ1) is 11.0. The lowest BCUT2D eigenvalue weighted by Gasteiger charge is -2.34. The molecule has 0 bridgehead atoms. The van der Waals surface area contributed by atoms with Gasteiger partial charge in [-0.25, -0.2) is 0 Å². The maximum absolute atomic E-state index is 12.1. The van der Waals surface area contributed by atoms with Crippen LogP contribution in [0.2, 0.25) is 0 Å². The number of piperidine rings is 1. The van der Waals surface area contributed by atoms with Gasteiger partial charge >= 0.3 is 0 Å². The van der Waals surface area contributed by atoms with E-state index in [1.807, 2.05) is 14.0 Å². The van der Waals surface area contributed by atoms with Gasteiger partial charge in [-0.15, -0.1) is 0 Å². The number of hydrogen-bond acceptors (Lipinski definition) is 5. The third kappa shape index (κ3) is 7.16. The van der Waals surface area contributed by atoms with E-state index < -0.39 is 0 Å². The van der Waals surface area contributed by atoms with Crippen LogP contribution >= 0.6 is 0 Å². The maximum Gasteiger partial charge on any atom is 0.234 e. The van der Waals surface area contributed by atoms with Crippen molar-refractivity contribution in [1.82, 2.24) is 15.1 Å². The second-order valence-corrected chi connectivity index (χ2v) is 7.24. The molecule has 0 spiro atoms. The first kappa shape index (κ1) is 18.6. The zero-order chi connectivity index (χ0) is 16.7. The quantitative estimate of drug-likeness (QED) is 0.704. The van der Waals surface area contributed by atoms with Gasteiger partial charge in [0.25, 0.3) is 0 Å². The second kappa shape index (κ2) is 9.57. The molecule has 0 aromatic rings. The van der Waals surface area contributed by atoms with Crippen LogP contribution in [0, 0.1) is 5.92 Å². The van der Waals surface area contributed by atoms with Crippen molar-refractivity contribution in [2.24, 2.45) is 5.92 Å². The Morgan fingerprint density at radius 1 is 1.30 bits per heavy atom. The van der Waals surface area contributed by atoms with Crippen LogP contribution in [-0.4, -0.2) is 85.9 Å². The van der Waals surface area contributed by atoms with E-state index in [-0.39, 0.29) is 18.1 Å². The highest BCUT2D eigenvalue weighted by Gasteiger charge is 2.22. The van der Waals surface area contributed by atoms with Crippen LogP contribution in [0.5, 0.6) is 0 Å². The first-order valence-electron chi connectivity index (χ1n) is 8.99. The first-order valence-corrected chi connectivity index (χ1v) is 8.99. The van der Waals surface area contributed by atoms with E-state index in [1.165, 1.54) is 0 Å². The van der Waals surface area contributed by atoms with Crippen LogP contribution in [0.3, 0.4) is 0 Å². The highest BCUT2D eigenvalue weighted by atomic mass is 16.5. The largest absolute Gasteiger partial charge is 0.392 e. The number of carbonyl (C=O) groups excluding carboxylic acids is 1. The van der Waals surface area contributed by atoms with Crippen molar-refractivity contribution in [3.63, 3.8) is 0 Å². The number of carbonyl (C=O) groups is 1. The molecule has 2 fully saturated rings. The monoisotopic (exact) mass is 327 g/mol. The molecule has 2 rings (SSSR count). The minimum atomic E-state index is -0.247. The van der Waals surface area contributed by atoms with Crippen LogP contribution in [0.1, 0.15) is 32.6 Å². The van der Waals surface area contributed by atoms with Gasteiger partial charge in [0.1, 0.15) is 0 Å². The lowest BCUT2D eigenvalue weighted by atomic mass is 9.96. The number of likely N-dealkylation sites (N-methyl/N-ethyl adjacent to an activating group) is 1. The van der Waals surface area contributed by atoms with E-state index in [1.54, 1.807) is 0 Å². The van der Waals surface area contributed by atoms with Crippen LogP contribution in [0.15, 0.2) is 0 Å². The van der Waals surface area contributed by atoms with Gasteiger partial charge in [-0.2, -0.15) is 0 Å². The molecule has 2 N–H and O–H groups in total. The van der Waals surface area contributed by atoms with Gasteiger partial charge in [0.15, 0.2) is 0 Å². The molecule has 2 aliphatic rings. The topological polar surface area (TPSA) is 65.0 Å². The average Bonchev–Trinajstić information content (AvgIpc) is 2.49. The Balaban J connectivity index is 1.61. The van der Waals surface area contributed by atoms with Crippen molar-refractivity contribution >= 4 is 5.91 Å². The SMILES string of the molecule is C[C@H](O)CN1CCC(CN(C)CC(=O)NC2CCOCC2)CC1. The number of nitrogens with one attached hydrogen (secondary N) is 1. The van der Waals surface area contributed by atoms with Crippen LogP contribution in [0.25, 0.3) is 0 Å². The Labute approximate surface area is 140 Å². The van der Waals surface area contributed by atoms with Gasteiger partial charge in [-0.1, -0.05) is 0 Å². The summed E-state index contributed by atoms with van der Waals surface area (Å²) >= 11 is 0. The van der Waals surface area contributed by atoms with Crippen molar-refractivity contribution in [3.8, 4) is 0 Å². The van der Waals surface area contributed by atoms with Crippen molar-refractivity contribution in [2.75, 3.05) is 53.0 Å². The summed E-state index contributed by atoms with van der Waals surface area (Å²) < 4.78 is 5.31. The molecule has 6 nitrogen and oxygen atoms in total. The second-order valence-electron chi connectivity index (χ2n) is 7.24. The van der Waals surface area contributed by atoms with Gasteiger partial charge in [0, 0.05) is 32.3 Å². The minimum Gasteiger partial charge on any atom is -0.392 e. The normalized spacial score (nSPS) is 23.1. The summed E-state index contributed by atoms with van der Waals surface area (Å²) in [6.07, 6.45) is 3.91. The van der Waals surface area contributed by atoms with Crippen molar-refractivity contribution in [1.29, 1.82) is 0 Å². The van der Waals surface area contributed by atoms with Gasteiger partial charge in [-0.3, -0.25) is 9.69 Å². The molecule has 0 radical (unpaired) electrons. The molecular weight excluding hydrogens is 294 g/mol. The summed E-state index contributed by atoms with van der Waals surface area (Å²) in [6.45, 7) is 7.69. The van der Waals surface area contributed by atoms with Gasteiger partial charge in [0.2, 0.25) is 5.91 Å². The number of hydrogen-bond donors (Lipinski definition) is 2. The zero-order valence-corrected chi connectivity index (χ0v) is 14.7. The molecule has 23 heavy (non-hydrogen) atoms. The molecule has 1 atom stereocenters. The molecule has 0 aromatic heterocycles. The number of aliphatic hydroxyl groups excluding tert-OH is 1. The Hall–Kier alpha value is -0.690. The van der Waals surface area contributed by atoms with E-state index >= 15 is 0 Å². The van der Waals surface area contributed by atoms with Gasteiger partial charge in [-0.05, 0) is 58.7 Å². The number of β-amino-alcohol motifs (C(OH)–C–C–N with tert-alkyl or cyclic N) is 1. The smallest absolute Gasteiger partial charge is 0.234 e. The molecule has 6 heteroatoms. The highest BCUT2D eigenvalue weighted by molar-refractivity contribution is 5.78. The number of rotatable bonds is 7. The Morgan fingerprint density at radius 2 is 1.96 bits per heavy atom. The standard InChI is InChI=1S/C17H33N3O3/c1-14(21)11-20-7-3-15(4-8-20)12-19(2)13-17(22)18-16-5-9-23-10-6-16/h14-16,21H,3-13H2,1-2H3,(H,18,22)/t14-/m0/s1. The highest BCUT2D eigenvalue weighted by Crippen LogP contribution is 2.18. The summed E-state index contributed by atoms with van der Waals surface area (Å²) in [5, 5.41) is 12.6. The summed E-state index contributed by atoms with van der Waals surface area (Å²) in [5.74, 6) is 0.784. The fourth-order valence-corrected chi connectivity index (χ4v) is 3.59. The predicted octanol–water partition coefficient (Wildman–Crippen LogP) is 0.306. The van der Waals surface area contributed by atoms with Crippen molar-refractivity contribution < 1.29 is 14.6 Å². The molecule has 134 valence electrons. The summed E-state index contributed by atoms with van der Waals surface area (Å²) in [5.41, 5.74) is 0. The fourth-order valence-electron chi connectivity index (χ4n) is 3.59. The molecule has 0 aliphatic carbocycles. The predicted molar refractivity (Wildman–Crippen MR) is 90.3 cm³/mol. The number of aliphatic hydroxyl groups is 1. The molecule has 2 aliphatic heterocycles. The van der Waals surface area contributed by atoms with Gasteiger partial charge < -0.3 is 20.1 Å². The van der Waals surface area contributed by atoms with Crippen LogP contribution < -0.4 is 5.32 Å². The van der Waals surface area contributed by atoms with Gasteiger partial charge in [0.05, 0.1) is 12.6 Å². The number of amides is 1. The zero-order valence-electron chi connectivity index (χ0n) is 14.7. The van der Waals surface area contributed by atoms with Crippen molar-refractivity contribution in [2.45, 2.75) is 44.8 Å².